The van der Waals surface area contributed by atoms with Crippen molar-refractivity contribution in [2.45, 2.75) is 25.4 Å². The van der Waals surface area contributed by atoms with Crippen LogP contribution in [0.25, 0.3) is 0 Å². The molecule has 1 rings (SSSR count). The van der Waals surface area contributed by atoms with Crippen LogP contribution in [0.3, 0.4) is 0 Å². The van der Waals surface area contributed by atoms with E-state index < -0.39 is 19.1 Å². The number of nitrogens with zero attached hydrogens (tertiary/aromatic N) is 2. The molecule has 1 unspecified atom stereocenters. The lowest BCUT2D eigenvalue weighted by atomic mass is 10.1. The lowest BCUT2D eigenvalue weighted by Crippen LogP contribution is -2.15. The Morgan fingerprint density at radius 1 is 1.56 bits per heavy atom. The maximum absolute atomic E-state index is 11.7. The molecule has 1 aromatic heterocycles. The maximum atomic E-state index is 11.7. The number of aromatic nitrogens is 2. The molecule has 6 heteroatoms. The molecular weight excluding hydrogens is 218 g/mol. The molecule has 0 aromatic carbocycles. The van der Waals surface area contributed by atoms with Gasteiger partial charge in [0.15, 0.2) is 0 Å². The van der Waals surface area contributed by atoms with Gasteiger partial charge in [-0.05, 0) is 12.0 Å². The summed E-state index contributed by atoms with van der Waals surface area (Å²) >= 11 is 0. The van der Waals surface area contributed by atoms with E-state index in [4.69, 9.17) is 0 Å². The van der Waals surface area contributed by atoms with Crippen molar-refractivity contribution in [2.24, 2.45) is 7.05 Å². The first-order valence-corrected chi connectivity index (χ1v) is 5.09. The Hall–Kier alpha value is -1.01. The molecule has 0 saturated heterocycles. The molecule has 1 heterocycles. The van der Waals surface area contributed by atoms with Gasteiger partial charge in [0.1, 0.15) is 6.61 Å². The van der Waals surface area contributed by atoms with E-state index >= 15 is 0 Å². The predicted molar refractivity (Wildman–Crippen MR) is 54.4 cm³/mol. The highest BCUT2D eigenvalue weighted by molar-refractivity contribution is 5.04. The fraction of sp³-hybridized carbons (Fsp3) is 0.700. The number of alkyl halides is 2. The zero-order valence-electron chi connectivity index (χ0n) is 9.14. The molecule has 0 aliphatic rings. The van der Waals surface area contributed by atoms with E-state index in [9.17, 15) is 13.9 Å². The molecule has 0 fully saturated rings. The van der Waals surface area contributed by atoms with Gasteiger partial charge in [0.25, 0.3) is 6.43 Å². The van der Waals surface area contributed by atoms with Crippen LogP contribution >= 0.6 is 0 Å². The lowest BCUT2D eigenvalue weighted by molar-refractivity contribution is 0.00512. The average Bonchev–Trinajstić information content (AvgIpc) is 2.58. The van der Waals surface area contributed by atoms with Gasteiger partial charge >= 0.3 is 0 Å². The molecule has 16 heavy (non-hydrogen) atoms. The zero-order valence-corrected chi connectivity index (χ0v) is 9.14. The Labute approximate surface area is 92.8 Å². The molecule has 0 saturated carbocycles. The van der Waals surface area contributed by atoms with Crippen molar-refractivity contribution in [3.8, 4) is 0 Å². The number of aliphatic hydroxyl groups is 1. The average molecular weight is 234 g/mol. The SMILES string of the molecule is Cn1cc(CC(O)CCOCC(F)F)cn1. The summed E-state index contributed by atoms with van der Waals surface area (Å²) in [7, 11) is 1.79. The predicted octanol–water partition coefficient (Wildman–Crippen LogP) is 0.995. The van der Waals surface area contributed by atoms with Crippen molar-refractivity contribution >= 4 is 0 Å². The van der Waals surface area contributed by atoms with Gasteiger partial charge in [0.2, 0.25) is 0 Å². The zero-order chi connectivity index (χ0) is 12.0. The van der Waals surface area contributed by atoms with Gasteiger partial charge in [-0.1, -0.05) is 0 Å². The molecule has 0 aliphatic carbocycles. The molecule has 0 bridgehead atoms. The number of rotatable bonds is 7. The van der Waals surface area contributed by atoms with Gasteiger partial charge in [0.05, 0.1) is 12.3 Å². The highest BCUT2D eigenvalue weighted by atomic mass is 19.3. The van der Waals surface area contributed by atoms with Crippen LogP contribution in [-0.2, 0) is 18.2 Å². The highest BCUT2D eigenvalue weighted by Crippen LogP contribution is 2.05. The number of hydrogen-bond acceptors (Lipinski definition) is 3. The van der Waals surface area contributed by atoms with Crippen molar-refractivity contribution in [3.63, 3.8) is 0 Å². The summed E-state index contributed by atoms with van der Waals surface area (Å²) in [5, 5.41) is 13.5. The summed E-state index contributed by atoms with van der Waals surface area (Å²) < 4.78 is 29.7. The summed E-state index contributed by atoms with van der Waals surface area (Å²) in [4.78, 5) is 0. The van der Waals surface area contributed by atoms with Crippen molar-refractivity contribution < 1.29 is 18.6 Å². The number of aryl methyl sites for hydroxylation is 1. The number of ether oxygens (including phenoxy) is 1. The number of hydrogen-bond donors (Lipinski definition) is 1. The first kappa shape index (κ1) is 13.1. The van der Waals surface area contributed by atoms with Crippen LogP contribution in [0.5, 0.6) is 0 Å². The van der Waals surface area contributed by atoms with E-state index in [-0.39, 0.29) is 6.61 Å². The van der Waals surface area contributed by atoms with Crippen LogP contribution in [0, 0.1) is 0 Å². The molecule has 1 N–H and O–H groups in total. The van der Waals surface area contributed by atoms with Crippen LogP contribution in [-0.4, -0.2) is 40.6 Å². The van der Waals surface area contributed by atoms with E-state index in [1.807, 2.05) is 6.20 Å². The van der Waals surface area contributed by atoms with Gasteiger partial charge in [-0.15, -0.1) is 0 Å². The third-order valence-electron chi connectivity index (χ3n) is 2.07. The maximum Gasteiger partial charge on any atom is 0.261 e. The third kappa shape index (κ3) is 5.18. The fourth-order valence-electron chi connectivity index (χ4n) is 1.34. The minimum Gasteiger partial charge on any atom is -0.393 e. The molecule has 92 valence electrons. The molecule has 0 spiro atoms. The molecular formula is C10H16F2N2O2. The van der Waals surface area contributed by atoms with Crippen LogP contribution in [0.4, 0.5) is 8.78 Å². The summed E-state index contributed by atoms with van der Waals surface area (Å²) in [6, 6.07) is 0. The lowest BCUT2D eigenvalue weighted by Gasteiger charge is -2.09. The van der Waals surface area contributed by atoms with Crippen LogP contribution in [0.1, 0.15) is 12.0 Å². The summed E-state index contributed by atoms with van der Waals surface area (Å²) in [6.45, 7) is -0.425. The normalized spacial score (nSPS) is 13.3. The Morgan fingerprint density at radius 3 is 2.88 bits per heavy atom. The molecule has 4 nitrogen and oxygen atoms in total. The molecule has 0 aliphatic heterocycles. The topological polar surface area (TPSA) is 47.3 Å². The smallest absolute Gasteiger partial charge is 0.261 e. The Kier molecular flexibility index (Phi) is 5.34. The summed E-state index contributed by atoms with van der Waals surface area (Å²) in [5.41, 5.74) is 0.920. The van der Waals surface area contributed by atoms with E-state index in [1.165, 1.54) is 0 Å². The molecule has 1 aromatic rings. The van der Waals surface area contributed by atoms with Gasteiger partial charge in [-0.2, -0.15) is 5.10 Å². The Morgan fingerprint density at radius 2 is 2.31 bits per heavy atom. The third-order valence-corrected chi connectivity index (χ3v) is 2.07. The monoisotopic (exact) mass is 234 g/mol. The van der Waals surface area contributed by atoms with E-state index in [0.717, 1.165) is 5.56 Å². The second kappa shape index (κ2) is 6.55. The standard InChI is InChI=1S/C10H16F2N2O2/c1-14-6-8(5-13-14)4-9(15)2-3-16-7-10(11)12/h5-6,9-10,15H,2-4,7H2,1H3. The first-order chi connectivity index (χ1) is 7.58. The number of aliphatic hydroxyl groups excluding tert-OH is 1. The van der Waals surface area contributed by atoms with E-state index in [1.54, 1.807) is 17.9 Å². The first-order valence-electron chi connectivity index (χ1n) is 5.09. The van der Waals surface area contributed by atoms with Gasteiger partial charge in [0, 0.05) is 26.3 Å². The minimum atomic E-state index is -2.45. The van der Waals surface area contributed by atoms with Crippen molar-refractivity contribution in [1.82, 2.24) is 9.78 Å². The molecule has 0 radical (unpaired) electrons. The molecule has 0 amide bonds. The second-order valence-corrected chi connectivity index (χ2v) is 3.63. The minimum absolute atomic E-state index is 0.145. The van der Waals surface area contributed by atoms with Crippen molar-refractivity contribution in [2.75, 3.05) is 13.2 Å². The highest BCUT2D eigenvalue weighted by Gasteiger charge is 2.08. The Bertz CT molecular complexity index is 305. The van der Waals surface area contributed by atoms with Crippen molar-refractivity contribution in [1.29, 1.82) is 0 Å². The van der Waals surface area contributed by atoms with Crippen LogP contribution in [0.2, 0.25) is 0 Å². The second-order valence-electron chi connectivity index (χ2n) is 3.63. The van der Waals surface area contributed by atoms with Gasteiger partial charge in [-0.25, -0.2) is 8.78 Å². The van der Waals surface area contributed by atoms with Gasteiger partial charge < -0.3 is 9.84 Å². The quantitative estimate of drug-likeness (QED) is 0.716. The van der Waals surface area contributed by atoms with Crippen LogP contribution in [0.15, 0.2) is 12.4 Å². The summed E-state index contributed by atoms with van der Waals surface area (Å²) in [5.74, 6) is 0. The molecule has 1 atom stereocenters. The Balaban J connectivity index is 2.13. The summed E-state index contributed by atoms with van der Waals surface area (Å²) in [6.07, 6.45) is 1.26. The van der Waals surface area contributed by atoms with Gasteiger partial charge in [-0.3, -0.25) is 4.68 Å². The van der Waals surface area contributed by atoms with Crippen molar-refractivity contribution in [3.05, 3.63) is 18.0 Å². The number of halogens is 2. The largest absolute Gasteiger partial charge is 0.393 e. The van der Waals surface area contributed by atoms with Crippen LogP contribution < -0.4 is 0 Å². The van der Waals surface area contributed by atoms with E-state index in [2.05, 4.69) is 9.84 Å². The fourth-order valence-corrected chi connectivity index (χ4v) is 1.34. The van der Waals surface area contributed by atoms with E-state index in [0.29, 0.717) is 12.8 Å².